The Hall–Kier alpha value is -1.21. The van der Waals surface area contributed by atoms with Crippen LogP contribution in [0.1, 0.15) is 72.1 Å². The molecule has 10 atom stereocenters. The number of ketones is 1. The van der Waals surface area contributed by atoms with Crippen molar-refractivity contribution in [3.05, 3.63) is 12.4 Å². The van der Waals surface area contributed by atoms with Gasteiger partial charge in [-0.1, -0.05) is 13.8 Å². The maximum atomic E-state index is 13.5. The van der Waals surface area contributed by atoms with Crippen LogP contribution in [0.25, 0.3) is 0 Å². The van der Waals surface area contributed by atoms with Crippen molar-refractivity contribution in [1.29, 1.82) is 4.78 Å². The second kappa shape index (κ2) is 7.91. The molecule has 0 saturated heterocycles. The summed E-state index contributed by atoms with van der Waals surface area (Å²) in [7, 11) is -2.82. The minimum atomic E-state index is -2.82. The van der Waals surface area contributed by atoms with E-state index in [-0.39, 0.29) is 23.7 Å². The monoisotopic (exact) mass is 475 g/mol. The van der Waals surface area contributed by atoms with Crippen LogP contribution >= 0.6 is 0 Å². The molecule has 0 bridgehead atoms. The Morgan fingerprint density at radius 3 is 2.64 bits per heavy atom. The number of Topliss-reactive ketones (excluding diaryl/α,β-unsaturated/α-hetero) is 1. The van der Waals surface area contributed by atoms with Crippen LogP contribution in [-0.2, 0) is 21.1 Å². The lowest BCUT2D eigenvalue weighted by Crippen LogP contribution is -2.51. The first kappa shape index (κ1) is 23.5. The second-order valence-corrected chi connectivity index (χ2v) is 14.7. The Morgan fingerprint density at radius 1 is 1.21 bits per heavy atom. The van der Waals surface area contributed by atoms with Gasteiger partial charge >= 0.3 is 0 Å². The fraction of sp³-hybridized carbons (Fsp3) is 0.846. The summed E-state index contributed by atoms with van der Waals surface area (Å²) in [5.41, 5.74) is -0.429. The van der Waals surface area contributed by atoms with Crippen LogP contribution in [0.3, 0.4) is 0 Å². The molecule has 0 amide bonds. The molecule has 2 unspecified atom stereocenters. The third-order valence-corrected chi connectivity index (χ3v) is 11.4. The van der Waals surface area contributed by atoms with E-state index in [4.69, 9.17) is 4.78 Å². The van der Waals surface area contributed by atoms with Crippen LogP contribution in [0.4, 0.5) is 0 Å². The number of carbonyl (C=O) groups excluding carboxylic acids is 1. The molecule has 1 aromatic heterocycles. The van der Waals surface area contributed by atoms with Gasteiger partial charge in [-0.05, 0) is 99.2 Å². The molecule has 1 aromatic rings. The zero-order valence-electron chi connectivity index (χ0n) is 20.6. The van der Waals surface area contributed by atoms with Gasteiger partial charge in [0.1, 0.15) is 0 Å². The van der Waals surface area contributed by atoms with E-state index in [9.17, 15) is 14.1 Å². The molecular weight excluding hydrogens is 434 g/mol. The van der Waals surface area contributed by atoms with Gasteiger partial charge in [0, 0.05) is 18.4 Å². The Bertz CT molecular complexity index is 1030. The summed E-state index contributed by atoms with van der Waals surface area (Å²) in [5, 5.41) is 14.9. The van der Waals surface area contributed by atoms with Gasteiger partial charge in [0.05, 0.1) is 33.0 Å². The number of carbonyl (C=O) groups is 1. The smallest absolute Gasteiger partial charge is 0.157 e. The number of hydrogen-bond donors (Lipinski definition) is 2. The number of aliphatic hydroxyl groups is 1. The van der Waals surface area contributed by atoms with E-state index < -0.39 is 15.3 Å². The first-order valence-corrected chi connectivity index (χ1v) is 14.9. The second-order valence-electron chi connectivity index (χ2n) is 12.6. The topological polar surface area (TPSA) is 96.0 Å². The maximum Gasteiger partial charge on any atom is 0.157 e. The van der Waals surface area contributed by atoms with E-state index >= 15 is 0 Å². The van der Waals surface area contributed by atoms with Gasteiger partial charge in [0.2, 0.25) is 0 Å². The normalized spacial score (nSPS) is 46.6. The van der Waals surface area contributed by atoms with Crippen molar-refractivity contribution < 1.29 is 14.1 Å². The van der Waals surface area contributed by atoms with Crippen molar-refractivity contribution in [2.24, 2.45) is 46.8 Å². The maximum absolute atomic E-state index is 13.5. The van der Waals surface area contributed by atoms with E-state index in [0.717, 1.165) is 43.9 Å². The lowest BCUT2D eigenvalue weighted by molar-refractivity contribution is -0.133. The quantitative estimate of drug-likeness (QED) is 0.657. The largest absolute Gasteiger partial charge is 0.390 e. The molecular formula is C26H41N3O3S. The molecule has 2 N–H and O–H groups in total. The summed E-state index contributed by atoms with van der Waals surface area (Å²) in [4.78, 5) is 13.9. The summed E-state index contributed by atoms with van der Waals surface area (Å²) in [6.45, 7) is 6.99. The average molecular weight is 476 g/mol. The number of nitrogens with zero attached hydrogens (tertiary/aromatic N) is 2. The van der Waals surface area contributed by atoms with Crippen LogP contribution in [0.15, 0.2) is 17.3 Å². The standard InChI is InChI=1S/C26H41N3O3S/c1-16-11-22(23(30)15-29-14-18(13-28-29)33(4,27)32)26(3)10-8-20-19-7-9-25(2,31)12-17(19)5-6-21(20)24(16)26/h13-14,16-17,19-22,24,27,31H,5-12,15H2,1-4H3/t16-,17-,19+,20?,21-,22-,24+,25-,26-,33?/m1/s1. The third-order valence-electron chi connectivity index (χ3n) is 10.3. The first-order chi connectivity index (χ1) is 15.4. The van der Waals surface area contributed by atoms with Crippen molar-refractivity contribution in [2.75, 3.05) is 6.26 Å². The molecule has 4 aliphatic rings. The lowest BCUT2D eigenvalue weighted by atomic mass is 9.48. The summed E-state index contributed by atoms with van der Waals surface area (Å²) < 4.78 is 21.4. The highest BCUT2D eigenvalue weighted by Crippen LogP contribution is 2.66. The molecule has 4 aliphatic carbocycles. The summed E-state index contributed by atoms with van der Waals surface area (Å²) >= 11 is 0. The number of fused-ring (bicyclic) bond motifs is 5. The molecule has 7 heteroatoms. The van der Waals surface area contributed by atoms with Crippen LogP contribution in [0.2, 0.25) is 0 Å². The van der Waals surface area contributed by atoms with E-state index in [1.165, 1.54) is 31.7 Å². The predicted octanol–water partition coefficient (Wildman–Crippen LogP) is 4.75. The Morgan fingerprint density at radius 2 is 1.94 bits per heavy atom. The van der Waals surface area contributed by atoms with E-state index in [2.05, 4.69) is 18.9 Å². The fourth-order valence-corrected chi connectivity index (χ4v) is 9.60. The Labute approximate surface area is 198 Å². The van der Waals surface area contributed by atoms with Crippen molar-refractivity contribution in [2.45, 2.75) is 89.2 Å². The summed E-state index contributed by atoms with van der Waals surface area (Å²) in [6.07, 6.45) is 13.3. The molecule has 0 aliphatic heterocycles. The molecule has 0 spiro atoms. The minimum absolute atomic E-state index is 0.0500. The molecule has 0 aromatic carbocycles. The van der Waals surface area contributed by atoms with Gasteiger partial charge in [-0.25, -0.2) is 8.99 Å². The van der Waals surface area contributed by atoms with Gasteiger partial charge < -0.3 is 5.11 Å². The average Bonchev–Trinajstić information content (AvgIpc) is 3.29. The van der Waals surface area contributed by atoms with Crippen molar-refractivity contribution in [1.82, 2.24) is 9.78 Å². The van der Waals surface area contributed by atoms with E-state index in [1.54, 1.807) is 10.9 Å². The van der Waals surface area contributed by atoms with Crippen LogP contribution in [0.5, 0.6) is 0 Å². The molecule has 4 fully saturated rings. The van der Waals surface area contributed by atoms with Gasteiger partial charge in [-0.15, -0.1) is 0 Å². The molecule has 5 rings (SSSR count). The Kier molecular flexibility index (Phi) is 5.64. The Balaban J connectivity index is 1.33. The zero-order valence-corrected chi connectivity index (χ0v) is 21.4. The number of hydrogen-bond acceptors (Lipinski definition) is 5. The molecule has 6 nitrogen and oxygen atoms in total. The van der Waals surface area contributed by atoms with Crippen molar-refractivity contribution >= 4 is 15.5 Å². The summed E-state index contributed by atoms with van der Waals surface area (Å²) in [6, 6.07) is 0. The summed E-state index contributed by atoms with van der Waals surface area (Å²) in [5.74, 6) is 4.36. The highest BCUT2D eigenvalue weighted by atomic mass is 32.2. The molecule has 33 heavy (non-hydrogen) atoms. The number of aromatic nitrogens is 2. The first-order valence-electron chi connectivity index (χ1n) is 12.9. The lowest BCUT2D eigenvalue weighted by Gasteiger charge is -2.57. The molecule has 0 radical (unpaired) electrons. The fourth-order valence-electron chi connectivity index (χ4n) is 9.02. The van der Waals surface area contributed by atoms with Crippen LogP contribution < -0.4 is 0 Å². The van der Waals surface area contributed by atoms with Crippen LogP contribution in [0, 0.1) is 51.6 Å². The van der Waals surface area contributed by atoms with Gasteiger partial charge in [-0.2, -0.15) is 5.10 Å². The van der Waals surface area contributed by atoms with Crippen molar-refractivity contribution in [3.63, 3.8) is 0 Å². The predicted molar refractivity (Wildman–Crippen MR) is 128 cm³/mol. The van der Waals surface area contributed by atoms with Gasteiger partial charge in [0.15, 0.2) is 5.78 Å². The van der Waals surface area contributed by atoms with Gasteiger partial charge in [0.25, 0.3) is 0 Å². The van der Waals surface area contributed by atoms with Crippen LogP contribution in [-0.4, -0.2) is 36.7 Å². The number of rotatable bonds is 4. The SMILES string of the molecule is C[C@@H]1C[C@H](C(=O)Cn2cc(S(C)(=N)=O)cn2)[C@@]2(C)CCC3[C@H]4CC[C@@](C)(O)C[C@H]4CC[C@H]3[C@H]12. The third kappa shape index (κ3) is 4.01. The molecule has 184 valence electrons. The highest BCUT2D eigenvalue weighted by Gasteiger charge is 2.61. The van der Waals surface area contributed by atoms with Crippen molar-refractivity contribution in [3.8, 4) is 0 Å². The molecule has 1 heterocycles. The number of nitrogens with one attached hydrogen (secondary N) is 1. The molecule has 4 saturated carbocycles. The highest BCUT2D eigenvalue weighted by molar-refractivity contribution is 7.91. The zero-order chi connectivity index (χ0) is 23.8. The van der Waals surface area contributed by atoms with Gasteiger partial charge in [-0.3, -0.25) is 9.48 Å². The minimum Gasteiger partial charge on any atom is -0.390 e. The van der Waals surface area contributed by atoms with E-state index in [1.807, 2.05) is 6.92 Å². The van der Waals surface area contributed by atoms with E-state index in [0.29, 0.717) is 28.6 Å².